The van der Waals surface area contributed by atoms with Crippen LogP contribution in [0.4, 0.5) is 37.7 Å². The Morgan fingerprint density at radius 3 is 2.00 bits per heavy atom. The highest BCUT2D eigenvalue weighted by Gasteiger charge is 2.38. The number of rotatable bonds is 1. The van der Waals surface area contributed by atoms with Gasteiger partial charge in [0.05, 0.1) is 11.4 Å². The fraction of sp³-hybridized carbons (Fsp3) is 0.154. The predicted octanol–water partition coefficient (Wildman–Crippen LogP) is 3.99. The Balaban J connectivity index is 2.49. The fourth-order valence-corrected chi connectivity index (χ4v) is 1.68. The molecule has 0 amide bonds. The lowest BCUT2D eigenvalue weighted by Gasteiger charge is -2.13. The van der Waals surface area contributed by atoms with E-state index in [1.54, 1.807) is 0 Å². The van der Waals surface area contributed by atoms with Gasteiger partial charge in [0.1, 0.15) is 5.70 Å². The summed E-state index contributed by atoms with van der Waals surface area (Å²) in [5.74, 6) is -2.26. The van der Waals surface area contributed by atoms with Crippen molar-refractivity contribution < 1.29 is 31.1 Å². The van der Waals surface area contributed by atoms with E-state index in [2.05, 4.69) is 10.6 Å². The molecule has 0 saturated carbocycles. The lowest BCUT2D eigenvalue weighted by atomic mass is 10.2. The van der Waals surface area contributed by atoms with Gasteiger partial charge in [0.15, 0.2) is 0 Å². The molecule has 22 heavy (non-hydrogen) atoms. The van der Waals surface area contributed by atoms with Crippen molar-refractivity contribution in [3.63, 3.8) is 0 Å². The van der Waals surface area contributed by atoms with Crippen LogP contribution < -0.4 is 10.6 Å². The molecule has 0 atom stereocenters. The van der Waals surface area contributed by atoms with Crippen molar-refractivity contribution in [1.29, 1.82) is 0 Å². The van der Waals surface area contributed by atoms with Crippen molar-refractivity contribution >= 4 is 17.2 Å². The summed E-state index contributed by atoms with van der Waals surface area (Å²) in [5, 5.41) is 4.45. The van der Waals surface area contributed by atoms with E-state index in [-0.39, 0.29) is 17.5 Å². The van der Waals surface area contributed by atoms with Crippen LogP contribution in [-0.2, 0) is 4.79 Å². The first kappa shape index (κ1) is 15.9. The average Bonchev–Trinajstić information content (AvgIpc) is 2.55. The Morgan fingerprint density at radius 1 is 0.955 bits per heavy atom. The van der Waals surface area contributed by atoms with Gasteiger partial charge in [-0.15, -0.1) is 0 Å². The normalized spacial score (nSPS) is 17.0. The van der Waals surface area contributed by atoms with Gasteiger partial charge >= 0.3 is 12.4 Å². The molecule has 0 spiro atoms. The molecule has 0 fully saturated rings. The predicted molar refractivity (Wildman–Crippen MR) is 67.0 cm³/mol. The first-order valence-electron chi connectivity index (χ1n) is 5.82. The lowest BCUT2D eigenvalue weighted by Crippen LogP contribution is -2.21. The third-order valence-corrected chi connectivity index (χ3v) is 2.65. The van der Waals surface area contributed by atoms with Gasteiger partial charge in [0, 0.05) is 11.8 Å². The molecule has 2 rings (SSSR count). The van der Waals surface area contributed by atoms with Crippen LogP contribution >= 0.6 is 0 Å². The third kappa shape index (κ3) is 3.60. The van der Waals surface area contributed by atoms with Crippen molar-refractivity contribution in [1.82, 2.24) is 0 Å². The largest absolute Gasteiger partial charge is 0.454 e. The third-order valence-electron chi connectivity index (χ3n) is 2.65. The van der Waals surface area contributed by atoms with E-state index in [9.17, 15) is 31.1 Å². The van der Waals surface area contributed by atoms with Crippen LogP contribution in [-0.4, -0.2) is 18.1 Å². The summed E-state index contributed by atoms with van der Waals surface area (Å²) in [7, 11) is 0. The molecule has 1 heterocycles. The van der Waals surface area contributed by atoms with Crippen LogP contribution in [0, 0.1) is 0 Å². The van der Waals surface area contributed by atoms with E-state index in [0.717, 1.165) is 0 Å². The van der Waals surface area contributed by atoms with Crippen LogP contribution in [0.1, 0.15) is 0 Å². The van der Waals surface area contributed by atoms with Crippen molar-refractivity contribution in [2.75, 3.05) is 10.6 Å². The summed E-state index contributed by atoms with van der Waals surface area (Å²) in [5.41, 5.74) is -1.77. The first-order valence-corrected chi connectivity index (χ1v) is 5.82. The van der Waals surface area contributed by atoms with E-state index in [0.29, 0.717) is 6.08 Å². The van der Waals surface area contributed by atoms with E-state index >= 15 is 0 Å². The Bertz CT molecular complexity index is 657. The number of anilines is 2. The molecule has 0 bridgehead atoms. The molecule has 118 valence electrons. The number of carbonyl (C=O) groups excluding carboxylic acids is 1. The van der Waals surface area contributed by atoms with Crippen LogP contribution in [0.5, 0.6) is 0 Å². The standard InChI is InChI=1S/C13H8F6N2O/c14-12(15,16)10-5-7(6-11(22)13(17,18)19)20-8-3-1-2-4-9(8)21-10/h1-6,20-21H/b7-6-. The maximum atomic E-state index is 12.9. The van der Waals surface area contributed by atoms with Crippen molar-refractivity contribution in [3.05, 3.63) is 47.8 Å². The number of para-hydroxylation sites is 2. The van der Waals surface area contributed by atoms with Crippen molar-refractivity contribution in [2.45, 2.75) is 12.4 Å². The number of hydrogen-bond acceptors (Lipinski definition) is 3. The number of carbonyl (C=O) groups is 1. The summed E-state index contributed by atoms with van der Waals surface area (Å²) in [6, 6.07) is 5.62. The summed E-state index contributed by atoms with van der Waals surface area (Å²) in [4.78, 5) is 10.9. The molecule has 1 aliphatic rings. The second-order valence-electron chi connectivity index (χ2n) is 4.31. The average molecular weight is 322 g/mol. The molecule has 9 heteroatoms. The van der Waals surface area contributed by atoms with Crippen LogP contribution in [0.25, 0.3) is 0 Å². The zero-order chi connectivity index (χ0) is 16.5. The highest BCUT2D eigenvalue weighted by molar-refractivity contribution is 5.96. The highest BCUT2D eigenvalue weighted by atomic mass is 19.4. The second kappa shape index (κ2) is 5.39. The summed E-state index contributed by atoms with van der Waals surface area (Å²) in [6.07, 6.45) is -9.50. The van der Waals surface area contributed by atoms with Crippen LogP contribution in [0.3, 0.4) is 0 Å². The van der Waals surface area contributed by atoms with Crippen LogP contribution in [0.15, 0.2) is 47.8 Å². The minimum atomic E-state index is -5.17. The highest BCUT2D eigenvalue weighted by Crippen LogP contribution is 2.34. The molecule has 0 aromatic heterocycles. The Hall–Kier alpha value is -2.45. The number of allylic oxidation sites excluding steroid dienone is 3. The van der Waals surface area contributed by atoms with Gasteiger partial charge in [-0.1, -0.05) is 12.1 Å². The number of halogens is 6. The zero-order valence-electron chi connectivity index (χ0n) is 10.6. The second-order valence-corrected chi connectivity index (χ2v) is 4.31. The van der Waals surface area contributed by atoms with E-state index in [4.69, 9.17) is 0 Å². The molecule has 0 unspecified atom stereocenters. The number of ketones is 1. The Morgan fingerprint density at radius 2 is 1.50 bits per heavy atom. The van der Waals surface area contributed by atoms with Gasteiger partial charge < -0.3 is 10.6 Å². The summed E-state index contributed by atoms with van der Waals surface area (Å²) >= 11 is 0. The van der Waals surface area contributed by atoms with Crippen molar-refractivity contribution in [2.24, 2.45) is 0 Å². The number of hydrogen-bond donors (Lipinski definition) is 2. The van der Waals surface area contributed by atoms with E-state index in [1.807, 2.05) is 0 Å². The molecule has 0 aliphatic carbocycles. The Labute approximate surface area is 120 Å². The molecule has 2 N–H and O–H groups in total. The van der Waals surface area contributed by atoms with E-state index in [1.165, 1.54) is 24.3 Å². The SMILES string of the molecule is O=C(/C=C1/C=C(C(F)(F)F)Nc2ccccc2N1)C(F)(F)F. The van der Waals surface area contributed by atoms with Gasteiger partial charge in [-0.05, 0) is 18.2 Å². The van der Waals surface area contributed by atoms with Gasteiger partial charge in [0.2, 0.25) is 0 Å². The van der Waals surface area contributed by atoms with Crippen molar-refractivity contribution in [3.8, 4) is 0 Å². The van der Waals surface area contributed by atoms with Gasteiger partial charge in [0.25, 0.3) is 5.78 Å². The molecule has 1 aromatic rings. The molecule has 0 saturated heterocycles. The molecule has 0 radical (unpaired) electrons. The topological polar surface area (TPSA) is 41.1 Å². The van der Waals surface area contributed by atoms with Gasteiger partial charge in [-0.3, -0.25) is 4.79 Å². The molecule has 1 aromatic carbocycles. The maximum absolute atomic E-state index is 12.9. The number of nitrogens with one attached hydrogen (secondary N) is 2. The van der Waals surface area contributed by atoms with Gasteiger partial charge in [-0.2, -0.15) is 26.3 Å². The number of benzene rings is 1. The summed E-state index contributed by atoms with van der Waals surface area (Å²) < 4.78 is 75.4. The lowest BCUT2D eigenvalue weighted by molar-refractivity contribution is -0.165. The number of fused-ring (bicyclic) bond motifs is 1. The smallest absolute Gasteiger partial charge is 0.354 e. The van der Waals surface area contributed by atoms with E-state index < -0.39 is 29.5 Å². The zero-order valence-corrected chi connectivity index (χ0v) is 10.6. The maximum Gasteiger partial charge on any atom is 0.454 e. The molecule has 3 nitrogen and oxygen atoms in total. The molecular formula is C13H8F6N2O. The first-order chi connectivity index (χ1) is 10.1. The fourth-order valence-electron chi connectivity index (χ4n) is 1.68. The quantitative estimate of drug-likeness (QED) is 0.607. The molecule has 1 aliphatic heterocycles. The molecular weight excluding hydrogens is 314 g/mol. The summed E-state index contributed by atoms with van der Waals surface area (Å²) in [6.45, 7) is 0. The van der Waals surface area contributed by atoms with Gasteiger partial charge in [-0.25, -0.2) is 0 Å². The minimum Gasteiger partial charge on any atom is -0.354 e. The Kier molecular flexibility index (Phi) is 3.90. The monoisotopic (exact) mass is 322 g/mol. The number of alkyl halides is 6. The minimum absolute atomic E-state index is 0.0222. The van der Waals surface area contributed by atoms with Crippen LogP contribution in [0.2, 0.25) is 0 Å².